The van der Waals surface area contributed by atoms with E-state index in [1.807, 2.05) is 0 Å². The minimum Gasteiger partial charge on any atom is -0.462 e. The Morgan fingerprint density at radius 1 is 0.253 bits per heavy atom. The molecule has 0 radical (unpaired) electrons. The lowest BCUT2D eigenvalue weighted by Crippen LogP contribution is -2.30. The van der Waals surface area contributed by atoms with Crippen molar-refractivity contribution >= 4 is 17.9 Å². The van der Waals surface area contributed by atoms with Gasteiger partial charge in [-0.25, -0.2) is 0 Å². The van der Waals surface area contributed by atoms with E-state index in [1.165, 1.54) is 283 Å². The number of allylic oxidation sites excluding steroid dienone is 6. The molecule has 1 atom stereocenters. The highest BCUT2D eigenvalue weighted by atomic mass is 16.6. The van der Waals surface area contributed by atoms with Crippen LogP contribution in [-0.4, -0.2) is 37.2 Å². The van der Waals surface area contributed by atoms with E-state index >= 15 is 0 Å². The summed E-state index contributed by atoms with van der Waals surface area (Å²) in [5.74, 6) is -0.848. The van der Waals surface area contributed by atoms with Crippen LogP contribution in [0.1, 0.15) is 393 Å². The predicted molar refractivity (Wildman–Crippen MR) is 344 cm³/mol. The molecule has 0 saturated heterocycles. The van der Waals surface area contributed by atoms with Crippen LogP contribution in [0.25, 0.3) is 0 Å². The van der Waals surface area contributed by atoms with Crippen molar-refractivity contribution in [3.8, 4) is 0 Å². The summed E-state index contributed by atoms with van der Waals surface area (Å²) in [7, 11) is 0. The molecule has 0 spiro atoms. The van der Waals surface area contributed by atoms with Crippen molar-refractivity contribution in [2.24, 2.45) is 0 Å². The molecule has 464 valence electrons. The van der Waals surface area contributed by atoms with Gasteiger partial charge in [0.05, 0.1) is 0 Å². The average Bonchev–Trinajstić information content (AvgIpc) is 3.45. The van der Waals surface area contributed by atoms with Gasteiger partial charge in [-0.15, -0.1) is 0 Å². The van der Waals surface area contributed by atoms with Gasteiger partial charge < -0.3 is 14.2 Å². The molecule has 0 aliphatic carbocycles. The van der Waals surface area contributed by atoms with Crippen molar-refractivity contribution in [3.63, 3.8) is 0 Å². The number of hydrogen-bond acceptors (Lipinski definition) is 6. The van der Waals surface area contributed by atoms with E-state index < -0.39 is 6.10 Å². The van der Waals surface area contributed by atoms with Gasteiger partial charge in [0.2, 0.25) is 0 Å². The summed E-state index contributed by atoms with van der Waals surface area (Å²) in [6.07, 6.45) is 84.6. The van der Waals surface area contributed by atoms with Crippen molar-refractivity contribution in [3.05, 3.63) is 36.5 Å². The zero-order chi connectivity index (χ0) is 57.1. The van der Waals surface area contributed by atoms with Crippen molar-refractivity contribution in [1.29, 1.82) is 0 Å². The Balaban J connectivity index is 4.18. The number of carbonyl (C=O) groups excluding carboxylic acids is 3. The summed E-state index contributed by atoms with van der Waals surface area (Å²) >= 11 is 0. The van der Waals surface area contributed by atoms with Crippen LogP contribution in [0.2, 0.25) is 0 Å². The summed E-state index contributed by atoms with van der Waals surface area (Å²) in [5.41, 5.74) is 0. The molecular formula is C73H136O6. The molecule has 6 nitrogen and oxygen atoms in total. The van der Waals surface area contributed by atoms with Crippen LogP contribution in [0.5, 0.6) is 0 Å². The smallest absolute Gasteiger partial charge is 0.306 e. The molecule has 0 saturated carbocycles. The minimum atomic E-state index is -0.772. The fraction of sp³-hybridized carbons (Fsp3) is 0.877. The summed E-state index contributed by atoms with van der Waals surface area (Å²) < 4.78 is 17.0. The van der Waals surface area contributed by atoms with E-state index in [1.54, 1.807) is 0 Å². The van der Waals surface area contributed by atoms with Gasteiger partial charge in [-0.2, -0.15) is 0 Å². The number of rotatable bonds is 66. The third-order valence-corrected chi connectivity index (χ3v) is 16.1. The third kappa shape index (κ3) is 66.3. The lowest BCUT2D eigenvalue weighted by atomic mass is 10.0. The molecule has 0 N–H and O–H groups in total. The van der Waals surface area contributed by atoms with Crippen molar-refractivity contribution < 1.29 is 28.6 Å². The Labute approximate surface area is 493 Å². The van der Waals surface area contributed by atoms with Crippen LogP contribution in [0.4, 0.5) is 0 Å². The van der Waals surface area contributed by atoms with Gasteiger partial charge in [-0.3, -0.25) is 14.4 Å². The second-order valence-electron chi connectivity index (χ2n) is 24.1. The van der Waals surface area contributed by atoms with Gasteiger partial charge >= 0.3 is 17.9 Å². The Bertz CT molecular complexity index is 1320. The van der Waals surface area contributed by atoms with E-state index in [2.05, 4.69) is 57.2 Å². The van der Waals surface area contributed by atoms with Crippen LogP contribution < -0.4 is 0 Å². The monoisotopic (exact) mass is 1110 g/mol. The molecular weight excluding hydrogens is 973 g/mol. The van der Waals surface area contributed by atoms with Gasteiger partial charge in [-0.05, 0) is 77.0 Å². The summed E-state index contributed by atoms with van der Waals surface area (Å²) in [6, 6.07) is 0. The maximum atomic E-state index is 12.9. The minimum absolute atomic E-state index is 0.0689. The molecule has 1 unspecified atom stereocenters. The lowest BCUT2D eigenvalue weighted by Gasteiger charge is -2.18. The number of ether oxygens (including phenoxy) is 3. The molecule has 0 aromatic rings. The van der Waals surface area contributed by atoms with E-state index in [-0.39, 0.29) is 31.1 Å². The summed E-state index contributed by atoms with van der Waals surface area (Å²) in [4.78, 5) is 38.4. The Hall–Kier alpha value is -2.37. The molecule has 0 aliphatic rings. The second-order valence-corrected chi connectivity index (χ2v) is 24.1. The highest BCUT2D eigenvalue weighted by Gasteiger charge is 2.19. The lowest BCUT2D eigenvalue weighted by molar-refractivity contribution is -0.167. The fourth-order valence-electron chi connectivity index (χ4n) is 10.8. The predicted octanol–water partition coefficient (Wildman–Crippen LogP) is 24.3. The van der Waals surface area contributed by atoms with Gasteiger partial charge in [0.1, 0.15) is 13.2 Å². The molecule has 0 aromatic heterocycles. The standard InChI is InChI=1S/C73H136O6/c1-4-7-10-13-16-19-22-25-27-29-31-32-33-34-35-36-37-38-39-40-42-43-45-48-51-54-57-60-63-66-72(75)78-69-70(68-77-71(74)65-62-59-56-53-50-47-24-21-18-15-12-9-6-3)79-73(76)67-64-61-58-55-52-49-46-44-41-30-28-26-23-20-17-14-11-8-5-2/h21-22,24-25,29,31,70H,4-20,23,26-28,30,32-69H2,1-3H3/b24-21-,25-22-,31-29-. The second kappa shape index (κ2) is 68.1. The highest BCUT2D eigenvalue weighted by Crippen LogP contribution is 2.18. The van der Waals surface area contributed by atoms with E-state index in [0.717, 1.165) is 70.6 Å². The number of hydrogen-bond donors (Lipinski definition) is 0. The Morgan fingerprint density at radius 3 is 0.722 bits per heavy atom. The van der Waals surface area contributed by atoms with Gasteiger partial charge in [0, 0.05) is 19.3 Å². The molecule has 0 heterocycles. The van der Waals surface area contributed by atoms with Crippen molar-refractivity contribution in [1.82, 2.24) is 0 Å². The Kier molecular flexibility index (Phi) is 66.1. The largest absolute Gasteiger partial charge is 0.462 e. The van der Waals surface area contributed by atoms with E-state index in [9.17, 15) is 14.4 Å². The SMILES string of the molecule is CCCCCC/C=C\CCCCCCCC(=O)OCC(COC(=O)CCCCCCCCCCCCCCCCCCC/C=C\C/C=C\CCCCCCC)OC(=O)CCCCCCCCCCCCCCCCCCCCC. The summed E-state index contributed by atoms with van der Waals surface area (Å²) in [6.45, 7) is 6.68. The zero-order valence-corrected chi connectivity index (χ0v) is 53.4. The van der Waals surface area contributed by atoms with Crippen LogP contribution in [0, 0.1) is 0 Å². The van der Waals surface area contributed by atoms with E-state index in [0.29, 0.717) is 19.3 Å². The Morgan fingerprint density at radius 2 is 0.456 bits per heavy atom. The number of esters is 3. The van der Waals surface area contributed by atoms with Crippen LogP contribution in [0.3, 0.4) is 0 Å². The summed E-state index contributed by atoms with van der Waals surface area (Å²) in [5, 5.41) is 0. The zero-order valence-electron chi connectivity index (χ0n) is 53.4. The van der Waals surface area contributed by atoms with Crippen molar-refractivity contribution in [2.75, 3.05) is 13.2 Å². The molecule has 79 heavy (non-hydrogen) atoms. The van der Waals surface area contributed by atoms with Gasteiger partial charge in [0.15, 0.2) is 6.10 Å². The first kappa shape index (κ1) is 76.6. The fourth-order valence-corrected chi connectivity index (χ4v) is 10.8. The maximum Gasteiger partial charge on any atom is 0.306 e. The molecule has 0 rings (SSSR count). The molecule has 0 aliphatic heterocycles. The average molecular weight is 1110 g/mol. The van der Waals surface area contributed by atoms with Gasteiger partial charge in [0.25, 0.3) is 0 Å². The molecule has 0 bridgehead atoms. The van der Waals surface area contributed by atoms with Crippen LogP contribution in [-0.2, 0) is 28.6 Å². The number of unbranched alkanes of at least 4 members (excludes halogenated alkanes) is 49. The van der Waals surface area contributed by atoms with Crippen LogP contribution in [0.15, 0.2) is 36.5 Å². The van der Waals surface area contributed by atoms with Crippen molar-refractivity contribution in [2.45, 2.75) is 399 Å². The first-order valence-electron chi connectivity index (χ1n) is 35.5. The molecule has 0 aromatic carbocycles. The third-order valence-electron chi connectivity index (χ3n) is 16.1. The topological polar surface area (TPSA) is 78.9 Å². The van der Waals surface area contributed by atoms with Gasteiger partial charge in [-0.1, -0.05) is 333 Å². The molecule has 6 heteroatoms. The normalized spacial score (nSPS) is 12.2. The maximum absolute atomic E-state index is 12.9. The molecule has 0 fully saturated rings. The first-order valence-corrected chi connectivity index (χ1v) is 35.5. The number of carbonyl (C=O) groups is 3. The van der Waals surface area contributed by atoms with Crippen LogP contribution >= 0.6 is 0 Å². The quantitative estimate of drug-likeness (QED) is 0.0261. The molecule has 0 amide bonds. The van der Waals surface area contributed by atoms with E-state index in [4.69, 9.17) is 14.2 Å². The highest BCUT2D eigenvalue weighted by molar-refractivity contribution is 5.71. The first-order chi connectivity index (χ1) is 39.0.